The Hall–Kier alpha value is -1.95. The summed E-state index contributed by atoms with van der Waals surface area (Å²) in [7, 11) is 0. The van der Waals surface area contributed by atoms with Crippen LogP contribution in [0.3, 0.4) is 0 Å². The third-order valence-electron chi connectivity index (χ3n) is 5.60. The van der Waals surface area contributed by atoms with Crippen molar-refractivity contribution in [3.05, 3.63) is 23.2 Å². The number of nitrogens with zero attached hydrogens (tertiary/aromatic N) is 1. The number of urea groups is 1. The fourth-order valence-corrected chi connectivity index (χ4v) is 4.08. The number of anilines is 1. The molecule has 1 aliphatic carbocycles. The number of amides is 2. The predicted octanol–water partition coefficient (Wildman–Crippen LogP) is 4.40. The van der Waals surface area contributed by atoms with Gasteiger partial charge in [-0.25, -0.2) is 4.79 Å². The van der Waals surface area contributed by atoms with E-state index in [4.69, 9.17) is 21.1 Å². The van der Waals surface area contributed by atoms with Gasteiger partial charge in [-0.2, -0.15) is 0 Å². The zero-order chi connectivity index (χ0) is 20.1. The van der Waals surface area contributed by atoms with Crippen molar-refractivity contribution in [2.45, 2.75) is 52.1 Å². The molecular formula is C21H29ClN2O4. The number of nitrogens with one attached hydrogen (secondary N) is 1. The highest BCUT2D eigenvalue weighted by molar-refractivity contribution is 6.31. The van der Waals surface area contributed by atoms with Crippen LogP contribution in [0.15, 0.2) is 18.2 Å². The minimum atomic E-state index is -0.127. The van der Waals surface area contributed by atoms with Crippen LogP contribution in [-0.2, 0) is 9.53 Å². The van der Waals surface area contributed by atoms with Gasteiger partial charge in [-0.1, -0.05) is 18.5 Å². The summed E-state index contributed by atoms with van der Waals surface area (Å²) in [5.74, 6) is 0.993. The fraction of sp³-hybridized carbons (Fsp3) is 0.619. The second-order valence-electron chi connectivity index (χ2n) is 7.53. The molecule has 1 saturated carbocycles. The number of esters is 1. The standard InChI is InChI=1S/C21H29ClN2O4/c1-3-17-13-24(18-11-16(22)9-10-19(18)28-17)21(26)23-12-14-5-7-15(8-6-14)20(25)27-4-2/h9-11,14-15,17H,3-8,12-13H2,1-2H3,(H,23,26). The summed E-state index contributed by atoms with van der Waals surface area (Å²) in [4.78, 5) is 26.5. The molecule has 0 radical (unpaired) electrons. The molecular weight excluding hydrogens is 380 g/mol. The predicted molar refractivity (Wildman–Crippen MR) is 109 cm³/mol. The minimum Gasteiger partial charge on any atom is -0.486 e. The lowest BCUT2D eigenvalue weighted by atomic mass is 9.82. The van der Waals surface area contributed by atoms with E-state index in [1.807, 2.05) is 19.9 Å². The number of halogens is 1. The second-order valence-corrected chi connectivity index (χ2v) is 7.96. The van der Waals surface area contributed by atoms with Crippen LogP contribution in [-0.4, -0.2) is 37.8 Å². The Kier molecular flexibility index (Phi) is 7.05. The molecule has 6 nitrogen and oxygen atoms in total. The van der Waals surface area contributed by atoms with Crippen molar-refractivity contribution in [2.75, 3.05) is 24.6 Å². The highest BCUT2D eigenvalue weighted by atomic mass is 35.5. The van der Waals surface area contributed by atoms with Crippen LogP contribution < -0.4 is 15.0 Å². The van der Waals surface area contributed by atoms with Gasteiger partial charge in [0.15, 0.2) is 0 Å². The normalized spacial score (nSPS) is 24.1. The van der Waals surface area contributed by atoms with Crippen LogP contribution in [0.5, 0.6) is 5.75 Å². The summed E-state index contributed by atoms with van der Waals surface area (Å²) in [6, 6.07) is 5.23. The molecule has 3 rings (SSSR count). The van der Waals surface area contributed by atoms with Crippen molar-refractivity contribution in [1.29, 1.82) is 0 Å². The topological polar surface area (TPSA) is 67.9 Å². The Balaban J connectivity index is 1.55. The molecule has 1 N–H and O–H groups in total. The van der Waals surface area contributed by atoms with Gasteiger partial charge in [0, 0.05) is 11.6 Å². The van der Waals surface area contributed by atoms with Crippen LogP contribution >= 0.6 is 11.6 Å². The van der Waals surface area contributed by atoms with Gasteiger partial charge in [-0.05, 0) is 63.1 Å². The average molecular weight is 409 g/mol. The van der Waals surface area contributed by atoms with Gasteiger partial charge in [-0.3, -0.25) is 9.69 Å². The Morgan fingerprint density at radius 3 is 2.68 bits per heavy atom. The zero-order valence-electron chi connectivity index (χ0n) is 16.6. The third kappa shape index (κ3) is 4.90. The van der Waals surface area contributed by atoms with E-state index in [0.717, 1.165) is 32.1 Å². The van der Waals surface area contributed by atoms with E-state index < -0.39 is 0 Å². The van der Waals surface area contributed by atoms with Gasteiger partial charge in [-0.15, -0.1) is 0 Å². The molecule has 0 spiro atoms. The Morgan fingerprint density at radius 1 is 1.25 bits per heavy atom. The molecule has 1 fully saturated rings. The Morgan fingerprint density at radius 2 is 2.00 bits per heavy atom. The van der Waals surface area contributed by atoms with Crippen molar-refractivity contribution < 1.29 is 19.1 Å². The largest absolute Gasteiger partial charge is 0.486 e. The van der Waals surface area contributed by atoms with Crippen LogP contribution in [0.2, 0.25) is 5.02 Å². The van der Waals surface area contributed by atoms with Crippen molar-refractivity contribution in [1.82, 2.24) is 5.32 Å². The third-order valence-corrected chi connectivity index (χ3v) is 5.84. The molecule has 0 bridgehead atoms. The molecule has 2 aliphatic rings. The smallest absolute Gasteiger partial charge is 0.322 e. The molecule has 7 heteroatoms. The highest BCUT2D eigenvalue weighted by Crippen LogP contribution is 2.36. The van der Waals surface area contributed by atoms with E-state index >= 15 is 0 Å². The molecule has 2 amide bonds. The number of carbonyl (C=O) groups excluding carboxylic acids is 2. The van der Waals surface area contributed by atoms with E-state index in [0.29, 0.717) is 42.1 Å². The maximum Gasteiger partial charge on any atom is 0.322 e. The molecule has 0 saturated heterocycles. The quantitative estimate of drug-likeness (QED) is 0.733. The first-order valence-electron chi connectivity index (χ1n) is 10.2. The number of ether oxygens (including phenoxy) is 2. The van der Waals surface area contributed by atoms with Crippen molar-refractivity contribution in [3.8, 4) is 5.75 Å². The minimum absolute atomic E-state index is 0.00507. The lowest BCUT2D eigenvalue weighted by molar-refractivity contribution is -0.149. The van der Waals surface area contributed by atoms with E-state index in [1.54, 1.807) is 17.0 Å². The molecule has 154 valence electrons. The maximum atomic E-state index is 12.9. The molecule has 1 aromatic carbocycles. The summed E-state index contributed by atoms with van der Waals surface area (Å²) >= 11 is 6.13. The number of fused-ring (bicyclic) bond motifs is 1. The van der Waals surface area contributed by atoms with Crippen molar-refractivity contribution in [2.24, 2.45) is 11.8 Å². The van der Waals surface area contributed by atoms with E-state index in [1.165, 1.54) is 0 Å². The molecule has 0 aromatic heterocycles. The first kappa shape index (κ1) is 20.8. The molecule has 1 unspecified atom stereocenters. The SMILES string of the molecule is CCOC(=O)C1CCC(CNC(=O)N2CC(CC)Oc3ccc(Cl)cc32)CC1. The van der Waals surface area contributed by atoms with Crippen LogP contribution in [0.25, 0.3) is 0 Å². The lowest BCUT2D eigenvalue weighted by Crippen LogP contribution is -2.49. The summed E-state index contributed by atoms with van der Waals surface area (Å²) in [5.41, 5.74) is 0.709. The summed E-state index contributed by atoms with van der Waals surface area (Å²) in [5, 5.41) is 3.64. The monoisotopic (exact) mass is 408 g/mol. The molecule has 1 aliphatic heterocycles. The van der Waals surface area contributed by atoms with Crippen LogP contribution in [0.4, 0.5) is 10.5 Å². The fourth-order valence-electron chi connectivity index (χ4n) is 3.91. The molecule has 1 heterocycles. The Bertz CT molecular complexity index is 704. The van der Waals surface area contributed by atoms with Crippen LogP contribution in [0.1, 0.15) is 46.0 Å². The Labute approximate surface area is 171 Å². The first-order valence-corrected chi connectivity index (χ1v) is 10.6. The molecule has 28 heavy (non-hydrogen) atoms. The van der Waals surface area contributed by atoms with Crippen molar-refractivity contribution in [3.63, 3.8) is 0 Å². The summed E-state index contributed by atoms with van der Waals surface area (Å²) < 4.78 is 11.1. The maximum absolute atomic E-state index is 12.9. The van der Waals surface area contributed by atoms with Gasteiger partial charge in [0.25, 0.3) is 0 Å². The number of rotatable bonds is 5. The average Bonchev–Trinajstić information content (AvgIpc) is 2.71. The van der Waals surface area contributed by atoms with Gasteiger partial charge in [0.05, 0.1) is 24.8 Å². The number of carbonyl (C=O) groups is 2. The van der Waals surface area contributed by atoms with Gasteiger partial charge in [0.2, 0.25) is 0 Å². The highest BCUT2D eigenvalue weighted by Gasteiger charge is 2.31. The van der Waals surface area contributed by atoms with E-state index in [9.17, 15) is 9.59 Å². The number of hydrogen-bond donors (Lipinski definition) is 1. The number of hydrogen-bond acceptors (Lipinski definition) is 4. The first-order chi connectivity index (χ1) is 13.5. The molecule has 1 aromatic rings. The number of benzene rings is 1. The second kappa shape index (κ2) is 9.50. The van der Waals surface area contributed by atoms with E-state index in [2.05, 4.69) is 5.32 Å². The van der Waals surface area contributed by atoms with Crippen molar-refractivity contribution >= 4 is 29.3 Å². The van der Waals surface area contributed by atoms with Gasteiger partial charge >= 0.3 is 12.0 Å². The lowest BCUT2D eigenvalue weighted by Gasteiger charge is -2.35. The summed E-state index contributed by atoms with van der Waals surface area (Å²) in [6.45, 7) is 5.42. The molecule has 1 atom stereocenters. The zero-order valence-corrected chi connectivity index (χ0v) is 17.3. The van der Waals surface area contributed by atoms with Gasteiger partial charge in [0.1, 0.15) is 11.9 Å². The van der Waals surface area contributed by atoms with Gasteiger partial charge < -0.3 is 14.8 Å². The van der Waals surface area contributed by atoms with E-state index in [-0.39, 0.29) is 24.0 Å². The van der Waals surface area contributed by atoms with Crippen LogP contribution in [0, 0.1) is 11.8 Å². The summed E-state index contributed by atoms with van der Waals surface area (Å²) in [6.07, 6.45) is 4.30.